The molecule has 0 radical (unpaired) electrons. The molecule has 1 rings (SSSR count). The lowest BCUT2D eigenvalue weighted by Crippen LogP contribution is -1.81. The zero-order valence-corrected chi connectivity index (χ0v) is 8.84. The van der Waals surface area contributed by atoms with Gasteiger partial charge in [-0.15, -0.1) is 0 Å². The van der Waals surface area contributed by atoms with Crippen LogP contribution in [-0.2, 0) is 0 Å². The van der Waals surface area contributed by atoms with Crippen LogP contribution in [0.25, 0.3) is 6.08 Å². The monoisotopic (exact) mass is 210 g/mol. The molecule has 1 aromatic rings. The summed E-state index contributed by atoms with van der Waals surface area (Å²) in [7, 11) is 1.61. The maximum atomic E-state index is 8.50. The standard InChI is InChI=1S/C13H10N2O/c1-16-13-7-5-11(6-8-13)3-2-4-12(9-14)10-15/h2-8H,1H3/b3-2+. The molecule has 1 aromatic carbocycles. The van der Waals surface area contributed by atoms with Gasteiger partial charge in [-0.3, -0.25) is 0 Å². The van der Waals surface area contributed by atoms with E-state index in [1.54, 1.807) is 25.3 Å². The van der Waals surface area contributed by atoms with Crippen molar-refractivity contribution in [1.82, 2.24) is 0 Å². The molecule has 0 unspecified atom stereocenters. The van der Waals surface area contributed by atoms with E-state index in [0.717, 1.165) is 11.3 Å². The van der Waals surface area contributed by atoms with Crippen LogP contribution in [0.4, 0.5) is 0 Å². The van der Waals surface area contributed by atoms with Gasteiger partial charge in [0.15, 0.2) is 0 Å². The molecule has 0 aliphatic heterocycles. The molecule has 3 heteroatoms. The Bertz CT molecular complexity index is 468. The summed E-state index contributed by atoms with van der Waals surface area (Å²) in [6, 6.07) is 11.0. The first kappa shape index (κ1) is 11.6. The van der Waals surface area contributed by atoms with Gasteiger partial charge in [-0.2, -0.15) is 10.5 Å². The van der Waals surface area contributed by atoms with Gasteiger partial charge in [0.25, 0.3) is 0 Å². The first-order valence-corrected chi connectivity index (χ1v) is 4.62. The van der Waals surface area contributed by atoms with E-state index in [-0.39, 0.29) is 5.57 Å². The third-order valence-electron chi connectivity index (χ3n) is 1.91. The summed E-state index contributed by atoms with van der Waals surface area (Å²) in [6.45, 7) is 0. The highest BCUT2D eigenvalue weighted by molar-refractivity contribution is 5.54. The van der Waals surface area contributed by atoms with Crippen LogP contribution < -0.4 is 4.74 Å². The van der Waals surface area contributed by atoms with Gasteiger partial charge in [0, 0.05) is 0 Å². The predicted molar refractivity (Wildman–Crippen MR) is 61.3 cm³/mol. The summed E-state index contributed by atoms with van der Waals surface area (Å²) in [5.74, 6) is 0.794. The summed E-state index contributed by atoms with van der Waals surface area (Å²) >= 11 is 0. The molecule has 78 valence electrons. The van der Waals surface area contributed by atoms with Crippen molar-refractivity contribution in [3.05, 3.63) is 47.6 Å². The Morgan fingerprint density at radius 3 is 2.31 bits per heavy atom. The SMILES string of the molecule is COc1ccc(/C=C/C=C(C#N)C#N)cc1. The van der Waals surface area contributed by atoms with E-state index in [9.17, 15) is 0 Å². The average Bonchev–Trinajstić information content (AvgIpc) is 2.35. The molecule has 0 spiro atoms. The minimum atomic E-state index is 0.0877. The Kier molecular flexibility index (Phi) is 4.37. The summed E-state index contributed by atoms with van der Waals surface area (Å²) in [6.07, 6.45) is 4.96. The van der Waals surface area contributed by atoms with E-state index < -0.39 is 0 Å². The van der Waals surface area contributed by atoms with Gasteiger partial charge in [0.05, 0.1) is 7.11 Å². The van der Waals surface area contributed by atoms with Crippen molar-refractivity contribution in [2.24, 2.45) is 0 Å². The molecule has 0 bridgehead atoms. The zero-order valence-electron chi connectivity index (χ0n) is 8.84. The first-order chi connectivity index (χ1) is 7.80. The molecule has 0 aliphatic rings. The Hall–Kier alpha value is -2.52. The highest BCUT2D eigenvalue weighted by atomic mass is 16.5. The van der Waals surface area contributed by atoms with Gasteiger partial charge in [0.2, 0.25) is 0 Å². The van der Waals surface area contributed by atoms with E-state index in [2.05, 4.69) is 0 Å². The molecule has 0 aliphatic carbocycles. The molecule has 0 N–H and O–H groups in total. The molecular formula is C13H10N2O. The van der Waals surface area contributed by atoms with Gasteiger partial charge in [0.1, 0.15) is 23.5 Å². The van der Waals surface area contributed by atoms with Crippen LogP contribution >= 0.6 is 0 Å². The van der Waals surface area contributed by atoms with E-state index >= 15 is 0 Å². The number of methoxy groups -OCH3 is 1. The van der Waals surface area contributed by atoms with Crippen molar-refractivity contribution in [3.8, 4) is 17.9 Å². The normalized spacial score (nSPS) is 9.19. The number of benzene rings is 1. The number of hydrogen-bond donors (Lipinski definition) is 0. The van der Waals surface area contributed by atoms with Crippen molar-refractivity contribution < 1.29 is 4.74 Å². The number of rotatable bonds is 3. The topological polar surface area (TPSA) is 56.8 Å². The van der Waals surface area contributed by atoms with Gasteiger partial charge >= 0.3 is 0 Å². The number of nitrogens with zero attached hydrogens (tertiary/aromatic N) is 2. The number of allylic oxidation sites excluding steroid dienone is 3. The maximum Gasteiger partial charge on any atom is 0.129 e. The van der Waals surface area contributed by atoms with Gasteiger partial charge in [-0.25, -0.2) is 0 Å². The Labute approximate surface area is 94.5 Å². The van der Waals surface area contributed by atoms with Crippen LogP contribution in [0.5, 0.6) is 5.75 Å². The number of ether oxygens (including phenoxy) is 1. The molecule has 0 saturated heterocycles. The molecule has 0 amide bonds. The lowest BCUT2D eigenvalue weighted by molar-refractivity contribution is 0.415. The third-order valence-corrected chi connectivity index (χ3v) is 1.91. The van der Waals surface area contributed by atoms with Gasteiger partial charge < -0.3 is 4.74 Å². The van der Waals surface area contributed by atoms with E-state index in [0.29, 0.717) is 0 Å². The summed E-state index contributed by atoms with van der Waals surface area (Å²) < 4.78 is 5.02. The molecule has 0 aromatic heterocycles. The van der Waals surface area contributed by atoms with Gasteiger partial charge in [-0.05, 0) is 23.8 Å². The first-order valence-electron chi connectivity index (χ1n) is 4.62. The van der Waals surface area contributed by atoms with Crippen molar-refractivity contribution in [3.63, 3.8) is 0 Å². The zero-order chi connectivity index (χ0) is 11.8. The molecular weight excluding hydrogens is 200 g/mol. The van der Waals surface area contributed by atoms with Crippen molar-refractivity contribution in [2.45, 2.75) is 0 Å². The van der Waals surface area contributed by atoms with Crippen LogP contribution in [-0.4, -0.2) is 7.11 Å². The lowest BCUT2D eigenvalue weighted by atomic mass is 10.2. The molecule has 3 nitrogen and oxygen atoms in total. The Balaban J connectivity index is 2.75. The maximum absolute atomic E-state index is 8.50. The third kappa shape index (κ3) is 3.32. The predicted octanol–water partition coefficient (Wildman–Crippen LogP) is 2.68. The second-order valence-electron chi connectivity index (χ2n) is 2.94. The van der Waals surface area contributed by atoms with Crippen LogP contribution in [0.2, 0.25) is 0 Å². The minimum Gasteiger partial charge on any atom is -0.497 e. The fraction of sp³-hybridized carbons (Fsp3) is 0.0769. The highest BCUT2D eigenvalue weighted by Gasteiger charge is 1.90. The minimum absolute atomic E-state index is 0.0877. The Morgan fingerprint density at radius 1 is 1.19 bits per heavy atom. The van der Waals surface area contributed by atoms with Crippen molar-refractivity contribution >= 4 is 6.08 Å². The molecule has 0 fully saturated rings. The van der Waals surface area contributed by atoms with Crippen LogP contribution in [0, 0.1) is 22.7 Å². The summed E-state index contributed by atoms with van der Waals surface area (Å²) in [5.41, 5.74) is 1.07. The van der Waals surface area contributed by atoms with Crippen LogP contribution in [0.3, 0.4) is 0 Å². The quantitative estimate of drug-likeness (QED) is 0.569. The van der Waals surface area contributed by atoms with E-state index in [1.165, 1.54) is 6.08 Å². The molecule has 0 atom stereocenters. The Morgan fingerprint density at radius 2 is 1.81 bits per heavy atom. The van der Waals surface area contributed by atoms with E-state index in [4.69, 9.17) is 15.3 Å². The molecule has 0 heterocycles. The largest absolute Gasteiger partial charge is 0.497 e. The second-order valence-corrected chi connectivity index (χ2v) is 2.94. The highest BCUT2D eigenvalue weighted by Crippen LogP contribution is 2.12. The summed E-state index contributed by atoms with van der Waals surface area (Å²) in [5, 5.41) is 17.0. The van der Waals surface area contributed by atoms with E-state index in [1.807, 2.05) is 30.3 Å². The van der Waals surface area contributed by atoms with Crippen molar-refractivity contribution in [1.29, 1.82) is 10.5 Å². The second kappa shape index (κ2) is 6.06. The fourth-order valence-corrected chi connectivity index (χ4v) is 1.07. The van der Waals surface area contributed by atoms with Crippen molar-refractivity contribution in [2.75, 3.05) is 7.11 Å². The van der Waals surface area contributed by atoms with Crippen LogP contribution in [0.15, 0.2) is 42.0 Å². The molecule has 0 saturated carbocycles. The fourth-order valence-electron chi connectivity index (χ4n) is 1.07. The summed E-state index contributed by atoms with van der Waals surface area (Å²) in [4.78, 5) is 0. The molecule has 16 heavy (non-hydrogen) atoms. The smallest absolute Gasteiger partial charge is 0.129 e. The lowest BCUT2D eigenvalue weighted by Gasteiger charge is -1.98. The van der Waals surface area contributed by atoms with Crippen LogP contribution in [0.1, 0.15) is 5.56 Å². The number of hydrogen-bond acceptors (Lipinski definition) is 3. The van der Waals surface area contributed by atoms with Gasteiger partial charge in [-0.1, -0.05) is 24.3 Å². The average molecular weight is 210 g/mol. The number of nitriles is 2.